The van der Waals surface area contributed by atoms with Gasteiger partial charge in [-0.3, -0.25) is 0 Å². The molecule has 1 unspecified atom stereocenters. The summed E-state index contributed by atoms with van der Waals surface area (Å²) in [5.41, 5.74) is 7.03. The Labute approximate surface area is 105 Å². The topological polar surface area (TPSA) is 38.5 Å². The fraction of sp³-hybridized carbons (Fsp3) is 0.571. The standard InChI is InChI=1S/C14H24N2O/c1-4-12(9-15)10-16(2)11-13-5-7-14(17-3)8-6-13/h5-8,12H,4,9-11,15H2,1-3H3. The fourth-order valence-electron chi connectivity index (χ4n) is 1.92. The molecule has 0 aliphatic rings. The Balaban J connectivity index is 2.46. The van der Waals surface area contributed by atoms with Crippen molar-refractivity contribution < 1.29 is 4.74 Å². The molecule has 0 aliphatic heterocycles. The maximum Gasteiger partial charge on any atom is 0.118 e. The van der Waals surface area contributed by atoms with Gasteiger partial charge in [0.25, 0.3) is 0 Å². The van der Waals surface area contributed by atoms with Gasteiger partial charge in [0.2, 0.25) is 0 Å². The first-order valence-corrected chi connectivity index (χ1v) is 6.21. The van der Waals surface area contributed by atoms with E-state index in [2.05, 4.69) is 31.0 Å². The summed E-state index contributed by atoms with van der Waals surface area (Å²) in [5, 5.41) is 0. The molecule has 1 aromatic carbocycles. The van der Waals surface area contributed by atoms with Crippen molar-refractivity contribution in [3.63, 3.8) is 0 Å². The Kier molecular flexibility index (Phi) is 6.01. The van der Waals surface area contributed by atoms with Crippen LogP contribution in [-0.2, 0) is 6.54 Å². The van der Waals surface area contributed by atoms with E-state index in [1.807, 2.05) is 12.1 Å². The molecule has 0 aliphatic carbocycles. The number of ether oxygens (including phenoxy) is 1. The van der Waals surface area contributed by atoms with Gasteiger partial charge in [-0.1, -0.05) is 25.5 Å². The van der Waals surface area contributed by atoms with Crippen LogP contribution < -0.4 is 10.5 Å². The van der Waals surface area contributed by atoms with Crippen molar-refractivity contribution in [2.24, 2.45) is 11.7 Å². The lowest BCUT2D eigenvalue weighted by Gasteiger charge is -2.22. The number of rotatable bonds is 7. The molecule has 2 N–H and O–H groups in total. The van der Waals surface area contributed by atoms with Crippen LogP contribution >= 0.6 is 0 Å². The molecule has 0 fully saturated rings. The average Bonchev–Trinajstić information content (AvgIpc) is 2.37. The van der Waals surface area contributed by atoms with E-state index in [0.717, 1.165) is 31.8 Å². The summed E-state index contributed by atoms with van der Waals surface area (Å²) in [6.07, 6.45) is 1.14. The number of nitrogens with zero attached hydrogens (tertiary/aromatic N) is 1. The number of hydrogen-bond acceptors (Lipinski definition) is 3. The summed E-state index contributed by atoms with van der Waals surface area (Å²) in [4.78, 5) is 2.32. The third-order valence-electron chi connectivity index (χ3n) is 3.09. The van der Waals surface area contributed by atoms with Gasteiger partial charge >= 0.3 is 0 Å². The first kappa shape index (κ1) is 14.0. The van der Waals surface area contributed by atoms with Crippen molar-refractivity contribution in [3.8, 4) is 5.75 Å². The summed E-state index contributed by atoms with van der Waals surface area (Å²) in [6, 6.07) is 8.23. The third-order valence-corrected chi connectivity index (χ3v) is 3.09. The Bertz CT molecular complexity index is 307. The molecule has 1 aromatic rings. The highest BCUT2D eigenvalue weighted by atomic mass is 16.5. The molecule has 0 heterocycles. The first-order valence-electron chi connectivity index (χ1n) is 6.21. The van der Waals surface area contributed by atoms with Crippen LogP contribution in [-0.4, -0.2) is 32.1 Å². The largest absolute Gasteiger partial charge is 0.497 e. The molecule has 0 saturated heterocycles. The van der Waals surface area contributed by atoms with Crippen molar-refractivity contribution in [1.82, 2.24) is 4.90 Å². The molecule has 0 bridgehead atoms. The number of methoxy groups -OCH3 is 1. The second-order valence-electron chi connectivity index (χ2n) is 4.55. The van der Waals surface area contributed by atoms with Gasteiger partial charge in [0.05, 0.1) is 7.11 Å². The fourth-order valence-corrected chi connectivity index (χ4v) is 1.92. The lowest BCUT2D eigenvalue weighted by Crippen LogP contribution is -2.29. The predicted octanol–water partition coefficient (Wildman–Crippen LogP) is 2.11. The molecule has 17 heavy (non-hydrogen) atoms. The zero-order chi connectivity index (χ0) is 12.7. The van der Waals surface area contributed by atoms with Crippen LogP contribution in [0.1, 0.15) is 18.9 Å². The lowest BCUT2D eigenvalue weighted by atomic mass is 10.1. The van der Waals surface area contributed by atoms with Crippen molar-refractivity contribution in [2.75, 3.05) is 27.2 Å². The minimum absolute atomic E-state index is 0.596. The summed E-state index contributed by atoms with van der Waals surface area (Å²) in [5.74, 6) is 1.50. The zero-order valence-corrected chi connectivity index (χ0v) is 11.1. The molecule has 0 amide bonds. The van der Waals surface area contributed by atoms with Crippen LogP contribution in [0.2, 0.25) is 0 Å². The van der Waals surface area contributed by atoms with Crippen LogP contribution in [0.5, 0.6) is 5.75 Å². The van der Waals surface area contributed by atoms with E-state index in [9.17, 15) is 0 Å². The molecule has 0 radical (unpaired) electrons. The van der Waals surface area contributed by atoms with Crippen molar-refractivity contribution in [2.45, 2.75) is 19.9 Å². The van der Waals surface area contributed by atoms with Gasteiger partial charge in [-0.25, -0.2) is 0 Å². The highest BCUT2D eigenvalue weighted by Gasteiger charge is 2.08. The van der Waals surface area contributed by atoms with Crippen LogP contribution in [0.4, 0.5) is 0 Å². The van der Waals surface area contributed by atoms with E-state index >= 15 is 0 Å². The van der Waals surface area contributed by atoms with Crippen molar-refractivity contribution in [3.05, 3.63) is 29.8 Å². The second-order valence-corrected chi connectivity index (χ2v) is 4.55. The normalized spacial score (nSPS) is 12.8. The van der Waals surface area contributed by atoms with Gasteiger partial charge in [-0.05, 0) is 37.2 Å². The number of hydrogen-bond donors (Lipinski definition) is 1. The lowest BCUT2D eigenvalue weighted by molar-refractivity contribution is 0.268. The highest BCUT2D eigenvalue weighted by molar-refractivity contribution is 5.26. The van der Waals surface area contributed by atoms with Crippen LogP contribution in [0.25, 0.3) is 0 Å². The molecular weight excluding hydrogens is 212 g/mol. The van der Waals surface area contributed by atoms with Crippen LogP contribution in [0, 0.1) is 5.92 Å². The molecule has 0 aromatic heterocycles. The summed E-state index contributed by atoms with van der Waals surface area (Å²) in [7, 11) is 3.83. The monoisotopic (exact) mass is 236 g/mol. The minimum atomic E-state index is 0.596. The Hall–Kier alpha value is -1.06. The number of nitrogens with two attached hydrogens (primary N) is 1. The van der Waals surface area contributed by atoms with Gasteiger partial charge in [-0.2, -0.15) is 0 Å². The SMILES string of the molecule is CCC(CN)CN(C)Cc1ccc(OC)cc1. The molecular formula is C14H24N2O. The molecule has 0 saturated carbocycles. The summed E-state index contributed by atoms with van der Waals surface area (Å²) < 4.78 is 5.14. The maximum atomic E-state index is 5.72. The van der Waals surface area contributed by atoms with E-state index in [-0.39, 0.29) is 0 Å². The Morgan fingerprint density at radius 2 is 1.94 bits per heavy atom. The van der Waals surface area contributed by atoms with E-state index in [0.29, 0.717) is 5.92 Å². The van der Waals surface area contributed by atoms with Crippen LogP contribution in [0.3, 0.4) is 0 Å². The average molecular weight is 236 g/mol. The highest BCUT2D eigenvalue weighted by Crippen LogP contribution is 2.13. The number of benzene rings is 1. The van der Waals surface area contributed by atoms with Crippen molar-refractivity contribution >= 4 is 0 Å². The molecule has 0 spiro atoms. The van der Waals surface area contributed by atoms with Gasteiger partial charge in [-0.15, -0.1) is 0 Å². The molecule has 96 valence electrons. The quantitative estimate of drug-likeness (QED) is 0.788. The molecule has 3 nitrogen and oxygen atoms in total. The van der Waals surface area contributed by atoms with Gasteiger partial charge in [0.1, 0.15) is 5.75 Å². The zero-order valence-electron chi connectivity index (χ0n) is 11.1. The third kappa shape index (κ3) is 4.75. The second kappa shape index (κ2) is 7.30. The van der Waals surface area contributed by atoms with E-state index in [4.69, 9.17) is 10.5 Å². The molecule has 1 atom stereocenters. The Morgan fingerprint density at radius 3 is 2.41 bits per heavy atom. The van der Waals surface area contributed by atoms with Gasteiger partial charge < -0.3 is 15.4 Å². The maximum absolute atomic E-state index is 5.72. The predicted molar refractivity (Wildman–Crippen MR) is 72.2 cm³/mol. The first-order chi connectivity index (χ1) is 8.19. The Morgan fingerprint density at radius 1 is 1.29 bits per heavy atom. The minimum Gasteiger partial charge on any atom is -0.497 e. The van der Waals surface area contributed by atoms with Crippen LogP contribution in [0.15, 0.2) is 24.3 Å². The summed E-state index contributed by atoms with van der Waals surface area (Å²) in [6.45, 7) is 4.97. The van der Waals surface area contributed by atoms with E-state index in [1.165, 1.54) is 5.56 Å². The summed E-state index contributed by atoms with van der Waals surface area (Å²) >= 11 is 0. The molecule has 1 rings (SSSR count). The smallest absolute Gasteiger partial charge is 0.118 e. The van der Waals surface area contributed by atoms with Gasteiger partial charge in [0, 0.05) is 13.1 Å². The molecule has 3 heteroatoms. The van der Waals surface area contributed by atoms with Crippen molar-refractivity contribution in [1.29, 1.82) is 0 Å². The van der Waals surface area contributed by atoms with E-state index in [1.54, 1.807) is 7.11 Å². The van der Waals surface area contributed by atoms with E-state index < -0.39 is 0 Å². The van der Waals surface area contributed by atoms with Gasteiger partial charge in [0.15, 0.2) is 0 Å².